The monoisotopic (exact) mass is 272 g/mol. The summed E-state index contributed by atoms with van der Waals surface area (Å²) in [7, 11) is 1.93. The van der Waals surface area contributed by atoms with Gasteiger partial charge in [0.1, 0.15) is 11.5 Å². The summed E-state index contributed by atoms with van der Waals surface area (Å²) in [5, 5.41) is 3.14. The van der Waals surface area contributed by atoms with E-state index in [1.54, 1.807) is 6.26 Å². The summed E-state index contributed by atoms with van der Waals surface area (Å²) < 4.78 is 11.3. The predicted molar refractivity (Wildman–Crippen MR) is 79.1 cm³/mol. The largest absolute Gasteiger partial charge is 0.491 e. The molecule has 20 heavy (non-hydrogen) atoms. The molecule has 4 heteroatoms. The second-order valence-electron chi connectivity index (χ2n) is 4.99. The number of hydrogen-bond acceptors (Lipinski definition) is 4. The first-order chi connectivity index (χ1) is 9.88. The van der Waals surface area contributed by atoms with E-state index in [-0.39, 0.29) is 0 Å². The zero-order valence-electron chi connectivity index (χ0n) is 11.8. The molecule has 106 valence electrons. The molecule has 0 aliphatic carbocycles. The molecule has 0 saturated carbocycles. The van der Waals surface area contributed by atoms with Crippen LogP contribution in [0.1, 0.15) is 17.7 Å². The lowest BCUT2D eigenvalue weighted by Crippen LogP contribution is -2.23. The van der Waals surface area contributed by atoms with Crippen LogP contribution in [0.4, 0.5) is 5.69 Å². The summed E-state index contributed by atoms with van der Waals surface area (Å²) in [4.78, 5) is 2.37. The summed E-state index contributed by atoms with van der Waals surface area (Å²) in [5.41, 5.74) is 2.40. The molecule has 1 N–H and O–H groups in total. The molecule has 0 bridgehead atoms. The summed E-state index contributed by atoms with van der Waals surface area (Å²) in [6.45, 7) is 3.39. The van der Waals surface area contributed by atoms with Crippen LogP contribution in [-0.2, 0) is 13.1 Å². The van der Waals surface area contributed by atoms with Crippen LogP contribution < -0.4 is 15.0 Å². The molecule has 1 aromatic heterocycles. The molecule has 2 aromatic rings. The van der Waals surface area contributed by atoms with Gasteiger partial charge in [0, 0.05) is 18.7 Å². The third-order valence-corrected chi connectivity index (χ3v) is 3.57. The minimum atomic E-state index is 0.758. The quantitative estimate of drug-likeness (QED) is 0.928. The highest BCUT2D eigenvalue weighted by Crippen LogP contribution is 2.32. The van der Waals surface area contributed by atoms with Gasteiger partial charge in [0.2, 0.25) is 0 Å². The Kier molecular flexibility index (Phi) is 3.92. The summed E-state index contributed by atoms with van der Waals surface area (Å²) in [5.74, 6) is 1.99. The van der Waals surface area contributed by atoms with Gasteiger partial charge in [-0.1, -0.05) is 12.1 Å². The molecule has 4 nitrogen and oxygen atoms in total. The lowest BCUT2D eigenvalue weighted by molar-refractivity contribution is 0.322. The van der Waals surface area contributed by atoms with Gasteiger partial charge in [-0.25, -0.2) is 0 Å². The van der Waals surface area contributed by atoms with Crippen LogP contribution in [0, 0.1) is 0 Å². The number of anilines is 1. The number of furan rings is 1. The average Bonchev–Trinajstić information content (AvgIpc) is 2.80. The normalized spacial score (nSPS) is 14.6. The number of para-hydroxylation sites is 2. The fraction of sp³-hybridized carbons (Fsp3) is 0.375. The highest BCUT2D eigenvalue weighted by atomic mass is 16.5. The van der Waals surface area contributed by atoms with Gasteiger partial charge in [0.05, 0.1) is 25.1 Å². The number of rotatable bonds is 4. The molecule has 0 fully saturated rings. The minimum Gasteiger partial charge on any atom is -0.491 e. The molecule has 1 aromatic carbocycles. The van der Waals surface area contributed by atoms with Gasteiger partial charge in [0.15, 0.2) is 0 Å². The van der Waals surface area contributed by atoms with Crippen molar-refractivity contribution in [3.63, 3.8) is 0 Å². The van der Waals surface area contributed by atoms with Crippen LogP contribution in [0.3, 0.4) is 0 Å². The highest BCUT2D eigenvalue weighted by Gasteiger charge is 2.18. The average molecular weight is 272 g/mol. The Hall–Kier alpha value is -1.94. The van der Waals surface area contributed by atoms with Gasteiger partial charge in [-0.3, -0.25) is 0 Å². The standard InChI is InChI=1S/C16H20N2O2/c1-17-11-16-13(7-10-20-16)12-18-8-4-9-19-15-6-3-2-5-14(15)18/h2-3,5-7,10,17H,4,8-9,11-12H2,1H3. The Labute approximate surface area is 119 Å². The van der Waals surface area contributed by atoms with Gasteiger partial charge in [-0.15, -0.1) is 0 Å². The van der Waals surface area contributed by atoms with Crippen LogP contribution >= 0.6 is 0 Å². The third kappa shape index (κ3) is 2.65. The highest BCUT2D eigenvalue weighted by molar-refractivity contribution is 5.59. The molecule has 0 saturated heterocycles. The van der Waals surface area contributed by atoms with E-state index >= 15 is 0 Å². The molecule has 0 radical (unpaired) electrons. The first-order valence-electron chi connectivity index (χ1n) is 7.05. The van der Waals surface area contributed by atoms with Gasteiger partial charge in [-0.2, -0.15) is 0 Å². The maximum Gasteiger partial charge on any atom is 0.142 e. The van der Waals surface area contributed by atoms with E-state index in [1.807, 2.05) is 19.2 Å². The Morgan fingerprint density at radius 1 is 1.25 bits per heavy atom. The van der Waals surface area contributed by atoms with Crippen molar-refractivity contribution >= 4 is 5.69 Å². The van der Waals surface area contributed by atoms with E-state index in [1.165, 1.54) is 11.3 Å². The van der Waals surface area contributed by atoms with Gasteiger partial charge < -0.3 is 19.4 Å². The number of nitrogens with zero attached hydrogens (tertiary/aromatic N) is 1. The lowest BCUT2D eigenvalue weighted by atomic mass is 10.2. The van der Waals surface area contributed by atoms with Crippen molar-refractivity contribution in [2.24, 2.45) is 0 Å². The van der Waals surface area contributed by atoms with Crippen molar-refractivity contribution in [3.05, 3.63) is 47.9 Å². The van der Waals surface area contributed by atoms with Crippen molar-refractivity contribution in [2.75, 3.05) is 25.1 Å². The third-order valence-electron chi connectivity index (χ3n) is 3.57. The van der Waals surface area contributed by atoms with Crippen molar-refractivity contribution in [2.45, 2.75) is 19.5 Å². The number of nitrogens with one attached hydrogen (secondary N) is 1. The number of fused-ring (bicyclic) bond motifs is 1. The molecule has 0 unspecified atom stereocenters. The van der Waals surface area contributed by atoms with Crippen LogP contribution in [0.15, 0.2) is 41.0 Å². The van der Waals surface area contributed by atoms with Crippen LogP contribution in [-0.4, -0.2) is 20.2 Å². The zero-order valence-corrected chi connectivity index (χ0v) is 11.8. The molecule has 1 aliphatic rings. The number of ether oxygens (including phenoxy) is 1. The van der Waals surface area contributed by atoms with E-state index in [4.69, 9.17) is 9.15 Å². The number of hydrogen-bond donors (Lipinski definition) is 1. The van der Waals surface area contributed by atoms with E-state index in [9.17, 15) is 0 Å². The van der Waals surface area contributed by atoms with Gasteiger partial charge >= 0.3 is 0 Å². The Bertz CT molecular complexity index is 565. The second kappa shape index (κ2) is 6.01. The Morgan fingerprint density at radius 3 is 3.05 bits per heavy atom. The Balaban J connectivity index is 1.85. The zero-order chi connectivity index (χ0) is 13.8. The fourth-order valence-electron chi connectivity index (χ4n) is 2.59. The molecule has 0 amide bonds. The predicted octanol–water partition coefficient (Wildman–Crippen LogP) is 2.79. The van der Waals surface area contributed by atoms with Crippen LogP contribution in [0.25, 0.3) is 0 Å². The van der Waals surface area contributed by atoms with Crippen LogP contribution in [0.2, 0.25) is 0 Å². The SMILES string of the molecule is CNCc1occc1CN1CCCOc2ccccc21. The summed E-state index contributed by atoms with van der Waals surface area (Å²) in [6.07, 6.45) is 2.80. The smallest absolute Gasteiger partial charge is 0.142 e. The maximum absolute atomic E-state index is 5.80. The fourth-order valence-corrected chi connectivity index (χ4v) is 2.59. The van der Waals surface area contributed by atoms with E-state index in [0.717, 1.165) is 44.2 Å². The first kappa shape index (κ1) is 13.1. The Morgan fingerprint density at radius 2 is 2.15 bits per heavy atom. The molecule has 1 aliphatic heterocycles. The molecular weight excluding hydrogens is 252 g/mol. The molecule has 3 rings (SSSR count). The van der Waals surface area contributed by atoms with Gasteiger partial charge in [-0.05, 0) is 31.7 Å². The van der Waals surface area contributed by atoms with E-state index < -0.39 is 0 Å². The minimum absolute atomic E-state index is 0.758. The van der Waals surface area contributed by atoms with Gasteiger partial charge in [0.25, 0.3) is 0 Å². The van der Waals surface area contributed by atoms with Crippen molar-refractivity contribution in [1.29, 1.82) is 0 Å². The lowest BCUT2D eigenvalue weighted by Gasteiger charge is -2.23. The van der Waals surface area contributed by atoms with Crippen molar-refractivity contribution in [3.8, 4) is 5.75 Å². The number of benzene rings is 1. The second-order valence-corrected chi connectivity index (χ2v) is 4.99. The first-order valence-corrected chi connectivity index (χ1v) is 7.05. The molecule has 0 atom stereocenters. The molecular formula is C16H20N2O2. The van der Waals surface area contributed by atoms with Crippen LogP contribution in [0.5, 0.6) is 5.75 Å². The summed E-state index contributed by atoms with van der Waals surface area (Å²) in [6, 6.07) is 10.3. The van der Waals surface area contributed by atoms with Crippen molar-refractivity contribution in [1.82, 2.24) is 5.32 Å². The maximum atomic E-state index is 5.80. The molecule has 0 spiro atoms. The van der Waals surface area contributed by atoms with E-state index in [2.05, 4.69) is 28.4 Å². The molecule has 2 heterocycles. The van der Waals surface area contributed by atoms with Crippen molar-refractivity contribution < 1.29 is 9.15 Å². The topological polar surface area (TPSA) is 37.6 Å². The summed E-state index contributed by atoms with van der Waals surface area (Å²) >= 11 is 0. The van der Waals surface area contributed by atoms with E-state index in [0.29, 0.717) is 0 Å².